The molecule has 1 aliphatic rings. The average Bonchev–Trinajstić information content (AvgIpc) is 2.69. The number of aryl methyl sites for hydroxylation is 1. The van der Waals surface area contributed by atoms with E-state index in [1.807, 2.05) is 6.92 Å². The van der Waals surface area contributed by atoms with Gasteiger partial charge in [0.25, 0.3) is 0 Å². The number of halogens is 1. The van der Waals surface area contributed by atoms with Crippen LogP contribution in [0.3, 0.4) is 0 Å². The third kappa shape index (κ3) is 2.04. The Morgan fingerprint density at radius 2 is 2.22 bits per heavy atom. The van der Waals surface area contributed by atoms with Gasteiger partial charge in [0.15, 0.2) is 10.6 Å². The van der Waals surface area contributed by atoms with Gasteiger partial charge in [-0.15, -0.1) is 0 Å². The molecule has 0 aliphatic carbocycles. The number of morpholine rings is 1. The summed E-state index contributed by atoms with van der Waals surface area (Å²) < 4.78 is 5.45. The van der Waals surface area contributed by atoms with E-state index in [2.05, 4.69) is 26.8 Å². The highest BCUT2D eigenvalue weighted by atomic mass is 35.5. The number of hydrogen-bond acceptors (Lipinski definition) is 6. The zero-order valence-electron chi connectivity index (χ0n) is 10.2. The summed E-state index contributed by atoms with van der Waals surface area (Å²) in [7, 11) is 0. The molecule has 1 atom stereocenters. The van der Waals surface area contributed by atoms with Crippen molar-refractivity contribution < 1.29 is 4.74 Å². The first kappa shape index (κ1) is 12.1. The Hall–Kier alpha value is -0.980. The SMILES string of the molecule is Cc1nc2c(N3CCOCC3C)nc(Cl)nc2s1. The van der Waals surface area contributed by atoms with Gasteiger partial charge in [0.05, 0.1) is 24.3 Å². The summed E-state index contributed by atoms with van der Waals surface area (Å²) in [6.07, 6.45) is 0. The maximum absolute atomic E-state index is 6.00. The van der Waals surface area contributed by atoms with Crippen LogP contribution in [0.5, 0.6) is 0 Å². The molecule has 0 amide bonds. The third-order valence-corrected chi connectivity index (χ3v) is 3.99. The van der Waals surface area contributed by atoms with E-state index < -0.39 is 0 Å². The predicted octanol–water partition coefficient (Wildman–Crippen LogP) is 2.27. The number of fused-ring (bicyclic) bond motifs is 1. The minimum atomic E-state index is 0.273. The smallest absolute Gasteiger partial charge is 0.225 e. The largest absolute Gasteiger partial charge is 0.377 e. The molecule has 1 unspecified atom stereocenters. The van der Waals surface area contributed by atoms with Crippen molar-refractivity contribution in [3.05, 3.63) is 10.3 Å². The Bertz CT molecular complexity index is 588. The van der Waals surface area contributed by atoms with E-state index in [1.54, 1.807) is 11.3 Å². The first-order valence-electron chi connectivity index (χ1n) is 5.80. The Morgan fingerprint density at radius 1 is 1.39 bits per heavy atom. The number of hydrogen-bond donors (Lipinski definition) is 0. The molecule has 3 heterocycles. The second kappa shape index (κ2) is 4.60. The molecule has 0 aromatic carbocycles. The minimum absolute atomic E-state index is 0.273. The van der Waals surface area contributed by atoms with Crippen molar-refractivity contribution >= 4 is 39.1 Å². The number of nitrogens with zero attached hydrogens (tertiary/aromatic N) is 4. The Labute approximate surface area is 114 Å². The van der Waals surface area contributed by atoms with E-state index in [-0.39, 0.29) is 11.3 Å². The molecular weight excluding hydrogens is 272 g/mol. The van der Waals surface area contributed by atoms with Crippen LogP contribution in [0.1, 0.15) is 11.9 Å². The van der Waals surface area contributed by atoms with Gasteiger partial charge in [0, 0.05) is 6.54 Å². The van der Waals surface area contributed by atoms with Crippen LogP contribution in [0, 0.1) is 6.92 Å². The summed E-state index contributed by atoms with van der Waals surface area (Å²) in [5.74, 6) is 0.824. The molecule has 7 heteroatoms. The van der Waals surface area contributed by atoms with Crippen molar-refractivity contribution in [2.24, 2.45) is 0 Å². The van der Waals surface area contributed by atoms with E-state index in [9.17, 15) is 0 Å². The molecule has 0 N–H and O–H groups in total. The molecule has 0 saturated carbocycles. The lowest BCUT2D eigenvalue weighted by atomic mass is 10.2. The minimum Gasteiger partial charge on any atom is -0.377 e. The monoisotopic (exact) mass is 284 g/mol. The fourth-order valence-corrected chi connectivity index (χ4v) is 3.13. The van der Waals surface area contributed by atoms with Crippen LogP contribution >= 0.6 is 22.9 Å². The topological polar surface area (TPSA) is 51.1 Å². The Morgan fingerprint density at radius 3 is 3.00 bits per heavy atom. The lowest BCUT2D eigenvalue weighted by Gasteiger charge is -2.34. The van der Waals surface area contributed by atoms with Gasteiger partial charge in [0.1, 0.15) is 5.52 Å². The molecule has 2 aromatic rings. The zero-order valence-corrected chi connectivity index (χ0v) is 11.8. The van der Waals surface area contributed by atoms with Crippen molar-refractivity contribution in [1.82, 2.24) is 15.0 Å². The first-order chi connectivity index (χ1) is 8.65. The quantitative estimate of drug-likeness (QED) is 0.752. The number of thiazole rings is 1. The third-order valence-electron chi connectivity index (χ3n) is 2.96. The van der Waals surface area contributed by atoms with Crippen molar-refractivity contribution in [3.63, 3.8) is 0 Å². The predicted molar refractivity (Wildman–Crippen MR) is 72.6 cm³/mol. The van der Waals surface area contributed by atoms with Gasteiger partial charge in [0.2, 0.25) is 5.28 Å². The fraction of sp³-hybridized carbons (Fsp3) is 0.545. The summed E-state index contributed by atoms with van der Waals surface area (Å²) in [4.78, 5) is 16.1. The molecule has 1 fully saturated rings. The van der Waals surface area contributed by atoms with Gasteiger partial charge >= 0.3 is 0 Å². The van der Waals surface area contributed by atoms with E-state index >= 15 is 0 Å². The van der Waals surface area contributed by atoms with Crippen molar-refractivity contribution in [2.75, 3.05) is 24.7 Å². The molecular formula is C11H13ClN4OS. The lowest BCUT2D eigenvalue weighted by molar-refractivity contribution is 0.0986. The number of rotatable bonds is 1. The van der Waals surface area contributed by atoms with Crippen LogP contribution < -0.4 is 4.90 Å². The molecule has 1 aliphatic heterocycles. The molecule has 0 spiro atoms. The van der Waals surface area contributed by atoms with Gasteiger partial charge in [-0.25, -0.2) is 9.97 Å². The standard InChI is InChI=1S/C11H13ClN4OS/c1-6-5-17-4-3-16(6)9-8-10(15-11(12)14-9)18-7(2)13-8/h6H,3-5H2,1-2H3. The van der Waals surface area contributed by atoms with Crippen molar-refractivity contribution in [1.29, 1.82) is 0 Å². The highest BCUT2D eigenvalue weighted by molar-refractivity contribution is 7.18. The van der Waals surface area contributed by atoms with Crippen molar-refractivity contribution in [3.8, 4) is 0 Å². The van der Waals surface area contributed by atoms with Crippen LogP contribution in [0.25, 0.3) is 10.3 Å². The number of aromatic nitrogens is 3. The number of ether oxygens (including phenoxy) is 1. The Kier molecular flexibility index (Phi) is 3.09. The van der Waals surface area contributed by atoms with Gasteiger partial charge in [-0.3, -0.25) is 0 Å². The first-order valence-corrected chi connectivity index (χ1v) is 6.99. The maximum Gasteiger partial charge on any atom is 0.225 e. The molecule has 5 nitrogen and oxygen atoms in total. The van der Waals surface area contributed by atoms with Crippen LogP contribution in [-0.4, -0.2) is 40.8 Å². The van der Waals surface area contributed by atoms with Crippen LogP contribution in [-0.2, 0) is 4.74 Å². The second-order valence-electron chi connectivity index (χ2n) is 4.32. The summed E-state index contributed by atoms with van der Waals surface area (Å²) in [5, 5.41) is 1.25. The molecule has 2 aromatic heterocycles. The highest BCUT2D eigenvalue weighted by Crippen LogP contribution is 2.30. The summed E-state index contributed by atoms with van der Waals surface area (Å²) in [6, 6.07) is 0.273. The normalized spacial score (nSPS) is 20.6. The molecule has 1 saturated heterocycles. The van der Waals surface area contributed by atoms with Gasteiger partial charge in [-0.2, -0.15) is 4.98 Å². The summed E-state index contributed by atoms with van der Waals surface area (Å²) in [6.45, 7) is 6.29. The van der Waals surface area contributed by atoms with Crippen LogP contribution in [0.2, 0.25) is 5.28 Å². The average molecular weight is 285 g/mol. The van der Waals surface area contributed by atoms with Gasteiger partial charge in [-0.1, -0.05) is 11.3 Å². The van der Waals surface area contributed by atoms with Crippen LogP contribution in [0.15, 0.2) is 0 Å². The maximum atomic E-state index is 6.00. The molecule has 18 heavy (non-hydrogen) atoms. The van der Waals surface area contributed by atoms with E-state index in [4.69, 9.17) is 16.3 Å². The summed E-state index contributed by atoms with van der Waals surface area (Å²) >= 11 is 7.54. The Balaban J connectivity index is 2.14. The number of anilines is 1. The van der Waals surface area contributed by atoms with Crippen LogP contribution in [0.4, 0.5) is 5.82 Å². The molecule has 0 bridgehead atoms. The van der Waals surface area contributed by atoms with E-state index in [0.717, 1.165) is 27.7 Å². The fourth-order valence-electron chi connectivity index (χ4n) is 2.13. The second-order valence-corrected chi connectivity index (χ2v) is 5.84. The molecule has 0 radical (unpaired) electrons. The van der Waals surface area contributed by atoms with E-state index in [1.165, 1.54) is 0 Å². The van der Waals surface area contributed by atoms with E-state index in [0.29, 0.717) is 13.2 Å². The summed E-state index contributed by atoms with van der Waals surface area (Å²) in [5.41, 5.74) is 0.843. The van der Waals surface area contributed by atoms with Crippen molar-refractivity contribution in [2.45, 2.75) is 19.9 Å². The van der Waals surface area contributed by atoms with Gasteiger partial charge < -0.3 is 9.64 Å². The molecule has 96 valence electrons. The molecule has 3 rings (SSSR count). The lowest BCUT2D eigenvalue weighted by Crippen LogP contribution is -2.44. The highest BCUT2D eigenvalue weighted by Gasteiger charge is 2.24. The van der Waals surface area contributed by atoms with Gasteiger partial charge in [-0.05, 0) is 25.4 Å². The zero-order chi connectivity index (χ0) is 12.7.